The SMILES string of the molecule is COc1ccc(C)cc1S(=O)(=O)N1CCC[C@H](C(=O)N(C)c2ccc(C)c(C)c2)C1. The molecule has 3 rings (SSSR count). The zero-order valence-electron chi connectivity index (χ0n) is 18.3. The Morgan fingerprint density at radius 1 is 1.10 bits per heavy atom. The molecular formula is C23H30N2O4S. The van der Waals surface area contributed by atoms with Gasteiger partial charge in [0.25, 0.3) is 0 Å². The number of ether oxygens (including phenoxy) is 1. The van der Waals surface area contributed by atoms with Crippen molar-refractivity contribution >= 4 is 21.6 Å². The van der Waals surface area contributed by atoms with E-state index in [9.17, 15) is 13.2 Å². The lowest BCUT2D eigenvalue weighted by molar-refractivity contribution is -0.123. The van der Waals surface area contributed by atoms with Gasteiger partial charge in [-0.1, -0.05) is 12.1 Å². The number of sulfonamides is 1. The molecule has 0 unspecified atom stereocenters. The van der Waals surface area contributed by atoms with Crippen molar-refractivity contribution in [3.8, 4) is 5.75 Å². The monoisotopic (exact) mass is 430 g/mol. The van der Waals surface area contributed by atoms with Crippen LogP contribution in [-0.4, -0.2) is 45.9 Å². The van der Waals surface area contributed by atoms with E-state index in [-0.39, 0.29) is 23.3 Å². The highest BCUT2D eigenvalue weighted by atomic mass is 32.2. The number of aryl methyl sites for hydroxylation is 3. The van der Waals surface area contributed by atoms with E-state index in [1.54, 1.807) is 24.1 Å². The van der Waals surface area contributed by atoms with Crippen LogP contribution in [0.15, 0.2) is 41.3 Å². The topological polar surface area (TPSA) is 66.9 Å². The van der Waals surface area contributed by atoms with Crippen LogP contribution in [0.2, 0.25) is 0 Å². The summed E-state index contributed by atoms with van der Waals surface area (Å²) in [4.78, 5) is 15.0. The molecule has 1 aliphatic heterocycles. The fraction of sp³-hybridized carbons (Fsp3) is 0.435. The van der Waals surface area contributed by atoms with Crippen molar-refractivity contribution < 1.29 is 17.9 Å². The van der Waals surface area contributed by atoms with Gasteiger partial charge >= 0.3 is 0 Å². The highest BCUT2D eigenvalue weighted by molar-refractivity contribution is 7.89. The Balaban J connectivity index is 1.83. The van der Waals surface area contributed by atoms with Crippen LogP contribution in [0.5, 0.6) is 5.75 Å². The van der Waals surface area contributed by atoms with E-state index in [1.165, 1.54) is 17.0 Å². The smallest absolute Gasteiger partial charge is 0.246 e. The van der Waals surface area contributed by atoms with Crippen molar-refractivity contribution in [1.82, 2.24) is 4.31 Å². The van der Waals surface area contributed by atoms with E-state index in [0.717, 1.165) is 16.8 Å². The summed E-state index contributed by atoms with van der Waals surface area (Å²) in [5.74, 6) is -0.119. The third-order valence-corrected chi connectivity index (χ3v) is 7.77. The maximum Gasteiger partial charge on any atom is 0.246 e. The molecule has 1 amide bonds. The third kappa shape index (κ3) is 4.37. The zero-order valence-corrected chi connectivity index (χ0v) is 19.1. The molecule has 6 nitrogen and oxygen atoms in total. The molecule has 2 aromatic rings. The van der Waals surface area contributed by atoms with Gasteiger partial charge in [0.2, 0.25) is 15.9 Å². The molecule has 0 spiro atoms. The Kier molecular flexibility index (Phi) is 6.53. The molecule has 0 N–H and O–H groups in total. The lowest BCUT2D eigenvalue weighted by atomic mass is 9.98. The van der Waals surface area contributed by atoms with Crippen LogP contribution in [0.1, 0.15) is 29.5 Å². The van der Waals surface area contributed by atoms with Gasteiger partial charge in [-0.3, -0.25) is 4.79 Å². The molecule has 30 heavy (non-hydrogen) atoms. The van der Waals surface area contributed by atoms with Gasteiger partial charge in [0.15, 0.2) is 0 Å². The summed E-state index contributed by atoms with van der Waals surface area (Å²) in [7, 11) is -0.542. The minimum atomic E-state index is -3.76. The van der Waals surface area contributed by atoms with Gasteiger partial charge in [-0.15, -0.1) is 0 Å². The Hall–Kier alpha value is -2.38. The van der Waals surface area contributed by atoms with Crippen LogP contribution in [0.4, 0.5) is 5.69 Å². The molecule has 1 heterocycles. The number of carbonyl (C=O) groups excluding carboxylic acids is 1. The second-order valence-corrected chi connectivity index (χ2v) is 9.93. The van der Waals surface area contributed by atoms with Crippen LogP contribution in [0.25, 0.3) is 0 Å². The van der Waals surface area contributed by atoms with Crippen molar-refractivity contribution in [2.24, 2.45) is 5.92 Å². The minimum absolute atomic E-state index is 0.0608. The zero-order chi connectivity index (χ0) is 22.1. The summed E-state index contributed by atoms with van der Waals surface area (Å²) in [6, 6.07) is 11.0. The average molecular weight is 431 g/mol. The van der Waals surface area contributed by atoms with Crippen LogP contribution >= 0.6 is 0 Å². The molecule has 162 valence electrons. The third-order valence-electron chi connectivity index (χ3n) is 5.88. The molecular weight excluding hydrogens is 400 g/mol. The van der Waals surface area contributed by atoms with Gasteiger partial charge in [-0.25, -0.2) is 8.42 Å². The first-order valence-corrected chi connectivity index (χ1v) is 11.6. The normalized spacial score (nSPS) is 17.6. The number of piperidine rings is 1. The number of carbonyl (C=O) groups is 1. The summed E-state index contributed by atoms with van der Waals surface area (Å²) >= 11 is 0. The molecule has 0 bridgehead atoms. The lowest BCUT2D eigenvalue weighted by Crippen LogP contribution is -2.46. The van der Waals surface area contributed by atoms with Crippen molar-refractivity contribution in [2.45, 2.75) is 38.5 Å². The van der Waals surface area contributed by atoms with Gasteiger partial charge < -0.3 is 9.64 Å². The molecule has 0 aliphatic carbocycles. The molecule has 1 saturated heterocycles. The molecule has 1 fully saturated rings. The first-order chi connectivity index (χ1) is 14.1. The molecule has 7 heteroatoms. The standard InChI is InChI=1S/C23H30N2O4S/c1-16-8-11-21(29-5)22(13-16)30(27,28)25-12-6-7-19(15-25)23(26)24(4)20-10-9-17(2)18(3)14-20/h8-11,13-14,19H,6-7,12,15H2,1-5H3/t19-/m0/s1. The maximum absolute atomic E-state index is 13.3. The summed E-state index contributed by atoms with van der Waals surface area (Å²) in [5.41, 5.74) is 3.95. The highest BCUT2D eigenvalue weighted by Crippen LogP contribution is 2.31. The first-order valence-electron chi connectivity index (χ1n) is 10.1. The first kappa shape index (κ1) is 22.3. The average Bonchev–Trinajstić information content (AvgIpc) is 2.74. The number of nitrogens with zero attached hydrogens (tertiary/aromatic N) is 2. The molecule has 0 aromatic heterocycles. The lowest BCUT2D eigenvalue weighted by Gasteiger charge is -2.33. The second-order valence-electron chi connectivity index (χ2n) is 8.02. The van der Waals surface area contributed by atoms with E-state index in [1.807, 2.05) is 45.0 Å². The minimum Gasteiger partial charge on any atom is -0.495 e. The van der Waals surface area contributed by atoms with Crippen molar-refractivity contribution in [2.75, 3.05) is 32.1 Å². The second kappa shape index (κ2) is 8.78. The van der Waals surface area contributed by atoms with Crippen molar-refractivity contribution in [1.29, 1.82) is 0 Å². The van der Waals surface area contributed by atoms with Crippen LogP contribution in [-0.2, 0) is 14.8 Å². The van der Waals surface area contributed by atoms with Gasteiger partial charge in [-0.05, 0) is 74.6 Å². The van der Waals surface area contributed by atoms with E-state index >= 15 is 0 Å². The Morgan fingerprint density at radius 3 is 2.50 bits per heavy atom. The summed E-state index contributed by atoms with van der Waals surface area (Å²) < 4.78 is 33.4. The van der Waals surface area contributed by atoms with Crippen molar-refractivity contribution in [3.63, 3.8) is 0 Å². The number of rotatable bonds is 5. The summed E-state index contributed by atoms with van der Waals surface area (Å²) in [6.45, 7) is 6.47. The number of amides is 1. The highest BCUT2D eigenvalue weighted by Gasteiger charge is 2.36. The summed E-state index contributed by atoms with van der Waals surface area (Å²) in [6.07, 6.45) is 1.32. The molecule has 2 aromatic carbocycles. The molecule has 0 saturated carbocycles. The number of anilines is 1. The predicted molar refractivity (Wildman–Crippen MR) is 119 cm³/mol. The quantitative estimate of drug-likeness (QED) is 0.726. The number of hydrogen-bond acceptors (Lipinski definition) is 4. The number of benzene rings is 2. The largest absolute Gasteiger partial charge is 0.495 e. The van der Waals surface area contributed by atoms with Gasteiger partial charge in [0, 0.05) is 25.8 Å². The Bertz CT molecular complexity index is 1050. The Labute approximate surface area is 179 Å². The fourth-order valence-corrected chi connectivity index (χ4v) is 5.59. The van der Waals surface area contributed by atoms with Crippen LogP contribution in [0, 0.1) is 26.7 Å². The number of hydrogen-bond donors (Lipinski definition) is 0. The van der Waals surface area contributed by atoms with E-state index in [0.29, 0.717) is 25.1 Å². The predicted octanol–water partition coefficient (Wildman–Crippen LogP) is 3.68. The molecule has 0 radical (unpaired) electrons. The Morgan fingerprint density at radius 2 is 1.83 bits per heavy atom. The van der Waals surface area contributed by atoms with Crippen molar-refractivity contribution in [3.05, 3.63) is 53.1 Å². The van der Waals surface area contributed by atoms with Gasteiger partial charge in [0.1, 0.15) is 10.6 Å². The van der Waals surface area contributed by atoms with E-state index in [4.69, 9.17) is 4.74 Å². The van der Waals surface area contributed by atoms with Crippen LogP contribution < -0.4 is 9.64 Å². The van der Waals surface area contributed by atoms with E-state index < -0.39 is 10.0 Å². The maximum atomic E-state index is 13.3. The molecule has 1 aliphatic rings. The van der Waals surface area contributed by atoms with E-state index in [2.05, 4.69) is 0 Å². The molecule has 1 atom stereocenters. The van der Waals surface area contributed by atoms with Gasteiger partial charge in [0.05, 0.1) is 13.0 Å². The summed E-state index contributed by atoms with van der Waals surface area (Å²) in [5, 5.41) is 0. The van der Waals surface area contributed by atoms with Crippen LogP contribution in [0.3, 0.4) is 0 Å². The number of methoxy groups -OCH3 is 1. The fourth-order valence-electron chi connectivity index (χ4n) is 3.82. The van der Waals surface area contributed by atoms with Gasteiger partial charge in [-0.2, -0.15) is 4.31 Å².